The number of nitrogens with zero attached hydrogens (tertiary/aromatic N) is 3. The number of nitrogens with one attached hydrogen (secondary N) is 1. The normalized spacial score (nSPS) is 22.1. The lowest BCUT2D eigenvalue weighted by molar-refractivity contribution is -0.136. The van der Waals surface area contributed by atoms with E-state index in [1.807, 2.05) is 18.2 Å². The van der Waals surface area contributed by atoms with Crippen molar-refractivity contribution in [2.24, 2.45) is 0 Å². The average Bonchev–Trinajstić information content (AvgIpc) is 3.51. The molecule has 280 valence electrons. The molecule has 4 aliphatic rings. The first-order chi connectivity index (χ1) is 26.3. The van der Waals surface area contributed by atoms with Crippen LogP contribution in [0.4, 0.5) is 5.69 Å². The van der Waals surface area contributed by atoms with Gasteiger partial charge in [0.05, 0.1) is 12.7 Å². The number of β-amino-alcohol motifs (C(OH)–C–C–N with tert-alkyl or cyclic N) is 1. The molecule has 4 atom stereocenters. The largest absolute Gasteiger partial charge is 0.508 e. The van der Waals surface area contributed by atoms with Gasteiger partial charge in [-0.25, -0.2) is 0 Å². The molecule has 1 aliphatic carbocycles. The molecule has 3 amide bonds. The smallest absolute Gasteiger partial charge is 0.255 e. The quantitative estimate of drug-likeness (QED) is 0.140. The van der Waals surface area contributed by atoms with Gasteiger partial charge in [-0.2, -0.15) is 0 Å². The maximum atomic E-state index is 13.1. The van der Waals surface area contributed by atoms with Gasteiger partial charge >= 0.3 is 0 Å². The monoisotopic (exact) mass is 728 g/mol. The minimum atomic E-state index is -0.615. The number of phenols is 1. The Morgan fingerprint density at radius 2 is 1.61 bits per heavy atom. The van der Waals surface area contributed by atoms with Gasteiger partial charge in [0.15, 0.2) is 0 Å². The maximum absolute atomic E-state index is 13.1. The van der Waals surface area contributed by atoms with Crippen molar-refractivity contribution in [3.63, 3.8) is 0 Å². The van der Waals surface area contributed by atoms with Gasteiger partial charge in [-0.15, -0.1) is 0 Å². The molecular weight excluding hydrogens is 681 g/mol. The fourth-order valence-electron chi connectivity index (χ4n) is 8.89. The van der Waals surface area contributed by atoms with Crippen LogP contribution in [0.1, 0.15) is 82.1 Å². The molecule has 0 radical (unpaired) electrons. The predicted molar refractivity (Wildman–Crippen MR) is 206 cm³/mol. The molecule has 0 aromatic heterocycles. The van der Waals surface area contributed by atoms with Crippen LogP contribution in [0, 0.1) is 0 Å². The van der Waals surface area contributed by atoms with E-state index >= 15 is 0 Å². The van der Waals surface area contributed by atoms with Crippen molar-refractivity contribution in [3.05, 3.63) is 124 Å². The van der Waals surface area contributed by atoms with Gasteiger partial charge in [0.25, 0.3) is 5.91 Å². The third kappa shape index (κ3) is 7.58. The Morgan fingerprint density at radius 3 is 2.39 bits per heavy atom. The summed E-state index contributed by atoms with van der Waals surface area (Å²) in [6.45, 7) is 4.81. The summed E-state index contributed by atoms with van der Waals surface area (Å²) in [6, 6.07) is 30.2. The van der Waals surface area contributed by atoms with Crippen molar-refractivity contribution >= 4 is 23.4 Å². The summed E-state index contributed by atoms with van der Waals surface area (Å²) in [5, 5.41) is 23.4. The summed E-state index contributed by atoms with van der Waals surface area (Å²) in [5.74, 6) is 0.843. The number of aromatic hydroxyl groups is 1. The number of piperazine rings is 1. The molecule has 4 aromatic rings. The molecular formula is C44H48N4O6. The summed E-state index contributed by atoms with van der Waals surface area (Å²) in [5.41, 5.74) is 7.65. The van der Waals surface area contributed by atoms with Gasteiger partial charge in [0.1, 0.15) is 17.5 Å². The van der Waals surface area contributed by atoms with E-state index in [0.29, 0.717) is 49.8 Å². The first-order valence-corrected chi connectivity index (χ1v) is 19.3. The van der Waals surface area contributed by atoms with E-state index < -0.39 is 18.1 Å². The number of anilines is 1. The molecule has 8 rings (SSSR count). The second kappa shape index (κ2) is 15.7. The Morgan fingerprint density at radius 1 is 0.815 bits per heavy atom. The molecule has 54 heavy (non-hydrogen) atoms. The van der Waals surface area contributed by atoms with Crippen LogP contribution in [0.2, 0.25) is 0 Å². The number of ether oxygens (including phenoxy) is 1. The summed E-state index contributed by atoms with van der Waals surface area (Å²) in [7, 11) is 0. The molecule has 2 unspecified atom stereocenters. The Bertz CT molecular complexity index is 1990. The number of hydrogen-bond acceptors (Lipinski definition) is 8. The molecule has 4 aromatic carbocycles. The van der Waals surface area contributed by atoms with Crippen LogP contribution in [0.15, 0.2) is 91.0 Å². The highest BCUT2D eigenvalue weighted by molar-refractivity contribution is 6.05. The Labute approximate surface area is 316 Å². The first kappa shape index (κ1) is 35.8. The first-order valence-electron chi connectivity index (χ1n) is 19.3. The minimum absolute atomic E-state index is 0.158. The molecule has 3 heterocycles. The molecule has 0 bridgehead atoms. The zero-order valence-corrected chi connectivity index (χ0v) is 30.5. The topological polar surface area (TPSA) is 123 Å². The maximum Gasteiger partial charge on any atom is 0.255 e. The van der Waals surface area contributed by atoms with Crippen molar-refractivity contribution in [3.8, 4) is 11.5 Å². The molecule has 3 N–H and O–H groups in total. The highest BCUT2D eigenvalue weighted by atomic mass is 16.5. The van der Waals surface area contributed by atoms with Crippen LogP contribution in [0.25, 0.3) is 0 Å². The fraction of sp³-hybridized carbons (Fsp3) is 0.386. The third-order valence-corrected chi connectivity index (χ3v) is 11.7. The van der Waals surface area contributed by atoms with Gasteiger partial charge in [-0.05, 0) is 108 Å². The summed E-state index contributed by atoms with van der Waals surface area (Å²) < 4.78 is 6.12. The molecule has 2 fully saturated rings. The number of rotatable bonds is 11. The number of piperidine rings is 1. The summed E-state index contributed by atoms with van der Waals surface area (Å²) in [6.07, 6.45) is 3.53. The third-order valence-electron chi connectivity index (χ3n) is 11.7. The van der Waals surface area contributed by atoms with E-state index in [-0.39, 0.29) is 24.2 Å². The van der Waals surface area contributed by atoms with Gasteiger partial charge in [0, 0.05) is 62.9 Å². The van der Waals surface area contributed by atoms with Crippen LogP contribution in [0.5, 0.6) is 11.5 Å². The predicted octanol–water partition coefficient (Wildman–Crippen LogP) is 5.36. The molecule has 0 spiro atoms. The zero-order chi connectivity index (χ0) is 37.2. The van der Waals surface area contributed by atoms with Crippen LogP contribution < -0.4 is 15.0 Å². The lowest BCUT2D eigenvalue weighted by atomic mass is 9.69. The molecule has 3 aliphatic heterocycles. The zero-order valence-electron chi connectivity index (χ0n) is 30.5. The van der Waals surface area contributed by atoms with E-state index in [1.165, 1.54) is 22.3 Å². The second-order valence-electron chi connectivity index (χ2n) is 15.2. The van der Waals surface area contributed by atoms with E-state index in [0.717, 1.165) is 62.4 Å². The minimum Gasteiger partial charge on any atom is -0.508 e. The Kier molecular flexibility index (Phi) is 10.4. The lowest BCUT2D eigenvalue weighted by Gasteiger charge is -2.37. The van der Waals surface area contributed by atoms with Crippen LogP contribution >= 0.6 is 0 Å². The van der Waals surface area contributed by atoms with Gasteiger partial charge in [-0.1, -0.05) is 48.5 Å². The SMILES string of the molecule is O=C1CCC(N2Cc3cc(N4CCN(CC(O)CCCOc5ccc([C@@H]6c7ccc(O)cc7CC[C@@H]6c6ccccc6)cc5)CC4)ccc3C2=O)C(=O)N1. The van der Waals surface area contributed by atoms with Gasteiger partial charge in [-0.3, -0.25) is 24.6 Å². The van der Waals surface area contributed by atoms with Crippen LogP contribution in [-0.2, 0) is 22.6 Å². The number of benzene rings is 4. The van der Waals surface area contributed by atoms with Gasteiger partial charge < -0.3 is 24.7 Å². The molecule has 2 saturated heterocycles. The number of aliphatic hydroxyl groups excluding tert-OH is 1. The van der Waals surface area contributed by atoms with Crippen molar-refractivity contribution in [1.82, 2.24) is 15.1 Å². The fourth-order valence-corrected chi connectivity index (χ4v) is 8.89. The molecule has 10 heteroatoms. The summed E-state index contributed by atoms with van der Waals surface area (Å²) >= 11 is 0. The van der Waals surface area contributed by atoms with Crippen molar-refractivity contribution in [2.75, 3.05) is 44.2 Å². The second-order valence-corrected chi connectivity index (χ2v) is 15.2. The number of carbonyl (C=O) groups is 3. The van der Waals surface area contributed by atoms with Crippen molar-refractivity contribution < 1.29 is 29.3 Å². The van der Waals surface area contributed by atoms with Crippen molar-refractivity contribution in [2.45, 2.75) is 69.1 Å². The number of aryl methyl sites for hydroxylation is 1. The van der Waals surface area contributed by atoms with E-state index in [1.54, 1.807) is 11.0 Å². The van der Waals surface area contributed by atoms with Gasteiger partial charge in [0.2, 0.25) is 11.8 Å². The summed E-state index contributed by atoms with van der Waals surface area (Å²) in [4.78, 5) is 43.3. The Hall–Kier alpha value is -5.19. The highest BCUT2D eigenvalue weighted by Crippen LogP contribution is 2.47. The Balaban J connectivity index is 0.790. The van der Waals surface area contributed by atoms with Crippen molar-refractivity contribution in [1.29, 1.82) is 0 Å². The van der Waals surface area contributed by atoms with Crippen LogP contribution in [0.3, 0.4) is 0 Å². The number of amides is 3. The van der Waals surface area contributed by atoms with Crippen LogP contribution in [-0.4, -0.2) is 89.2 Å². The number of carbonyl (C=O) groups excluding carboxylic acids is 3. The van der Waals surface area contributed by atoms with E-state index in [9.17, 15) is 24.6 Å². The lowest BCUT2D eigenvalue weighted by Crippen LogP contribution is -2.52. The number of hydrogen-bond donors (Lipinski definition) is 3. The average molecular weight is 729 g/mol. The standard InChI is InChI=1S/C44H48N4O6/c49-34-12-17-38-31(26-34)10-15-37(29-5-2-1-3-6-29)42(38)30-8-13-36(14-9-30)54-24-4-7-35(50)28-46-20-22-47(23-21-46)33-11-16-39-32(25-33)27-48(44(39)53)40-18-19-41(51)45-43(40)52/h1-3,5-6,8-9,11-14,16-17,25-26,35,37,40,42,49-50H,4,7,10,15,18-24,27-28H2,(H,45,51,52)/t35?,37-,40?,42+/m1/s1. The van der Waals surface area contributed by atoms with E-state index in [2.05, 4.69) is 81.8 Å². The number of fused-ring (bicyclic) bond motifs is 2. The number of imide groups is 1. The molecule has 0 saturated carbocycles. The highest BCUT2D eigenvalue weighted by Gasteiger charge is 2.39. The number of aliphatic hydroxyl groups is 1. The van der Waals surface area contributed by atoms with E-state index in [4.69, 9.17) is 4.74 Å². The number of phenolic OH excluding ortho intramolecular Hbond substituents is 1. The molecule has 10 nitrogen and oxygen atoms in total.